The molecule has 1 unspecified atom stereocenters. The van der Waals surface area contributed by atoms with Crippen LogP contribution in [-0.2, 0) is 11.2 Å². The van der Waals surface area contributed by atoms with Gasteiger partial charge < -0.3 is 14.7 Å². The number of aliphatic hydroxyl groups is 1. The van der Waals surface area contributed by atoms with Crippen LogP contribution in [0.2, 0.25) is 5.02 Å². The SMILES string of the molecule is O=C(C(O)Cc1c(F)cccc1Cl)N1CC(COc2ccccc2)C1. The van der Waals surface area contributed by atoms with Crippen LogP contribution in [0.3, 0.4) is 0 Å². The molecule has 0 bridgehead atoms. The monoisotopic (exact) mass is 363 g/mol. The van der Waals surface area contributed by atoms with E-state index in [2.05, 4.69) is 0 Å². The maximum atomic E-state index is 13.8. The van der Waals surface area contributed by atoms with Crippen LogP contribution in [0, 0.1) is 11.7 Å². The van der Waals surface area contributed by atoms with Crippen LogP contribution in [0.25, 0.3) is 0 Å². The highest BCUT2D eigenvalue weighted by molar-refractivity contribution is 6.31. The zero-order valence-electron chi connectivity index (χ0n) is 13.6. The molecule has 1 aliphatic heterocycles. The molecule has 2 aromatic carbocycles. The second kappa shape index (κ2) is 7.85. The number of halogens is 2. The molecule has 0 aliphatic carbocycles. The molecule has 1 atom stereocenters. The number of benzene rings is 2. The van der Waals surface area contributed by atoms with Crippen molar-refractivity contribution >= 4 is 17.5 Å². The molecule has 3 rings (SSSR count). The lowest BCUT2D eigenvalue weighted by molar-refractivity contribution is -0.147. The van der Waals surface area contributed by atoms with E-state index in [0.29, 0.717) is 19.7 Å². The van der Waals surface area contributed by atoms with Gasteiger partial charge in [0, 0.05) is 36.0 Å². The minimum Gasteiger partial charge on any atom is -0.493 e. The van der Waals surface area contributed by atoms with Crippen LogP contribution < -0.4 is 4.74 Å². The van der Waals surface area contributed by atoms with Crippen molar-refractivity contribution in [2.45, 2.75) is 12.5 Å². The molecule has 1 saturated heterocycles. The van der Waals surface area contributed by atoms with Gasteiger partial charge in [-0.3, -0.25) is 4.79 Å². The van der Waals surface area contributed by atoms with Gasteiger partial charge in [-0.25, -0.2) is 4.39 Å². The maximum absolute atomic E-state index is 13.8. The van der Waals surface area contributed by atoms with E-state index < -0.39 is 17.8 Å². The van der Waals surface area contributed by atoms with Gasteiger partial charge in [-0.05, 0) is 24.3 Å². The molecule has 6 heteroatoms. The predicted molar refractivity (Wildman–Crippen MR) is 93.1 cm³/mol. The molecule has 1 aliphatic rings. The lowest BCUT2D eigenvalue weighted by atomic mass is 9.98. The summed E-state index contributed by atoms with van der Waals surface area (Å²) in [5.74, 6) is 0.0993. The minimum atomic E-state index is -1.30. The van der Waals surface area contributed by atoms with E-state index in [1.807, 2.05) is 30.3 Å². The summed E-state index contributed by atoms with van der Waals surface area (Å²) in [6, 6.07) is 13.8. The summed E-state index contributed by atoms with van der Waals surface area (Å²) in [6.45, 7) is 1.56. The van der Waals surface area contributed by atoms with Crippen molar-refractivity contribution in [3.63, 3.8) is 0 Å². The number of likely N-dealkylation sites (tertiary alicyclic amines) is 1. The zero-order chi connectivity index (χ0) is 17.8. The fourth-order valence-electron chi connectivity index (χ4n) is 2.80. The van der Waals surface area contributed by atoms with Gasteiger partial charge in [0.25, 0.3) is 5.91 Å². The second-order valence-corrected chi connectivity index (χ2v) is 6.56. The van der Waals surface area contributed by atoms with E-state index in [1.54, 1.807) is 4.90 Å². The first-order chi connectivity index (χ1) is 12.0. The van der Waals surface area contributed by atoms with Gasteiger partial charge in [-0.2, -0.15) is 0 Å². The molecule has 1 N–H and O–H groups in total. The summed E-state index contributed by atoms with van der Waals surface area (Å²) in [5.41, 5.74) is 0.162. The van der Waals surface area contributed by atoms with Gasteiger partial charge in [0.1, 0.15) is 17.7 Å². The van der Waals surface area contributed by atoms with E-state index in [1.165, 1.54) is 18.2 Å². The van der Waals surface area contributed by atoms with Crippen molar-refractivity contribution in [3.8, 4) is 5.75 Å². The number of amides is 1. The third-order valence-electron chi connectivity index (χ3n) is 4.24. The Balaban J connectivity index is 1.46. The molecule has 1 fully saturated rings. The summed E-state index contributed by atoms with van der Waals surface area (Å²) in [5, 5.41) is 10.3. The number of para-hydroxylation sites is 1. The van der Waals surface area contributed by atoms with Crippen LogP contribution in [0.15, 0.2) is 48.5 Å². The van der Waals surface area contributed by atoms with Crippen molar-refractivity contribution in [3.05, 3.63) is 64.9 Å². The quantitative estimate of drug-likeness (QED) is 0.858. The number of hydrogen-bond acceptors (Lipinski definition) is 3. The van der Waals surface area contributed by atoms with Crippen LogP contribution in [0.5, 0.6) is 5.75 Å². The highest BCUT2D eigenvalue weighted by Crippen LogP contribution is 2.23. The summed E-state index contributed by atoms with van der Waals surface area (Å²) < 4.78 is 19.4. The normalized spacial score (nSPS) is 15.6. The van der Waals surface area contributed by atoms with Gasteiger partial charge in [0.2, 0.25) is 0 Å². The molecule has 132 valence electrons. The molecule has 25 heavy (non-hydrogen) atoms. The Morgan fingerprint density at radius 1 is 1.24 bits per heavy atom. The Bertz CT molecular complexity index is 714. The molecule has 1 heterocycles. The van der Waals surface area contributed by atoms with E-state index in [0.717, 1.165) is 5.75 Å². The zero-order valence-corrected chi connectivity index (χ0v) is 14.3. The summed E-state index contributed by atoms with van der Waals surface area (Å²) >= 11 is 5.94. The molecule has 0 aromatic heterocycles. The fourth-order valence-corrected chi connectivity index (χ4v) is 3.04. The number of nitrogens with zero attached hydrogens (tertiary/aromatic N) is 1. The van der Waals surface area contributed by atoms with E-state index in [9.17, 15) is 14.3 Å². The second-order valence-electron chi connectivity index (χ2n) is 6.15. The predicted octanol–water partition coefficient (Wildman–Crippen LogP) is 2.92. The molecule has 2 aromatic rings. The first-order valence-electron chi connectivity index (χ1n) is 8.12. The van der Waals surface area contributed by atoms with Crippen LogP contribution >= 0.6 is 11.6 Å². The Labute approximate surface area is 150 Å². The van der Waals surface area contributed by atoms with Crippen molar-refractivity contribution in [1.29, 1.82) is 0 Å². The summed E-state index contributed by atoms with van der Waals surface area (Å²) in [7, 11) is 0. The van der Waals surface area contributed by atoms with Crippen LogP contribution in [0.4, 0.5) is 4.39 Å². The van der Waals surface area contributed by atoms with Crippen LogP contribution in [0.1, 0.15) is 5.56 Å². The molecular formula is C19H19ClFNO3. The average Bonchev–Trinajstić information content (AvgIpc) is 2.57. The largest absolute Gasteiger partial charge is 0.493 e. The smallest absolute Gasteiger partial charge is 0.251 e. The van der Waals surface area contributed by atoms with Crippen molar-refractivity contribution in [1.82, 2.24) is 4.90 Å². The standard InChI is InChI=1S/C19H19ClFNO3/c20-16-7-4-8-17(21)15(16)9-18(23)19(24)22-10-13(11-22)12-25-14-5-2-1-3-6-14/h1-8,13,18,23H,9-12H2. The molecule has 0 radical (unpaired) electrons. The molecular weight excluding hydrogens is 345 g/mol. The van der Waals surface area contributed by atoms with E-state index in [4.69, 9.17) is 16.3 Å². The van der Waals surface area contributed by atoms with Gasteiger partial charge in [0.15, 0.2) is 0 Å². The van der Waals surface area contributed by atoms with Crippen molar-refractivity contribution < 1.29 is 19.0 Å². The Morgan fingerprint density at radius 2 is 1.96 bits per heavy atom. The fraction of sp³-hybridized carbons (Fsp3) is 0.316. The summed E-state index contributed by atoms with van der Waals surface area (Å²) in [4.78, 5) is 13.8. The Hall–Kier alpha value is -2.11. The van der Waals surface area contributed by atoms with Crippen molar-refractivity contribution in [2.75, 3.05) is 19.7 Å². The number of ether oxygens (including phenoxy) is 1. The highest BCUT2D eigenvalue weighted by atomic mass is 35.5. The van der Waals surface area contributed by atoms with E-state index >= 15 is 0 Å². The number of hydrogen-bond donors (Lipinski definition) is 1. The third kappa shape index (κ3) is 4.30. The van der Waals surface area contributed by atoms with Crippen molar-refractivity contribution in [2.24, 2.45) is 5.92 Å². The average molecular weight is 364 g/mol. The number of rotatable bonds is 6. The Kier molecular flexibility index (Phi) is 5.56. The van der Waals surface area contributed by atoms with E-state index in [-0.39, 0.29) is 22.9 Å². The number of carbonyl (C=O) groups excluding carboxylic acids is 1. The Morgan fingerprint density at radius 3 is 2.64 bits per heavy atom. The van der Waals surface area contributed by atoms with Gasteiger partial charge in [0.05, 0.1) is 6.61 Å². The lowest BCUT2D eigenvalue weighted by Gasteiger charge is -2.40. The first-order valence-corrected chi connectivity index (χ1v) is 8.50. The number of aliphatic hydroxyl groups excluding tert-OH is 1. The topological polar surface area (TPSA) is 49.8 Å². The van der Waals surface area contributed by atoms with Gasteiger partial charge in [-0.1, -0.05) is 35.9 Å². The molecule has 1 amide bonds. The van der Waals surface area contributed by atoms with Crippen LogP contribution in [-0.4, -0.2) is 41.7 Å². The molecule has 0 saturated carbocycles. The highest BCUT2D eigenvalue weighted by Gasteiger charge is 2.34. The first kappa shape index (κ1) is 17.7. The lowest BCUT2D eigenvalue weighted by Crippen LogP contribution is -2.55. The molecule has 4 nitrogen and oxygen atoms in total. The van der Waals surface area contributed by atoms with Gasteiger partial charge >= 0.3 is 0 Å². The maximum Gasteiger partial charge on any atom is 0.251 e. The molecule has 0 spiro atoms. The summed E-state index contributed by atoms with van der Waals surface area (Å²) in [6.07, 6.45) is -1.43. The van der Waals surface area contributed by atoms with Gasteiger partial charge in [-0.15, -0.1) is 0 Å². The number of carbonyl (C=O) groups is 1. The minimum absolute atomic E-state index is 0.133. The third-order valence-corrected chi connectivity index (χ3v) is 4.60.